The summed E-state index contributed by atoms with van der Waals surface area (Å²) in [6.07, 6.45) is 1.94. The Hall–Kier alpha value is -2.06. The average molecular weight is 277 g/mol. The minimum absolute atomic E-state index is 1.16. The summed E-state index contributed by atoms with van der Waals surface area (Å²) in [7, 11) is 0. The summed E-state index contributed by atoms with van der Waals surface area (Å²) in [6.45, 7) is 2.09. The van der Waals surface area contributed by atoms with E-state index in [1.807, 2.05) is 6.21 Å². The van der Waals surface area contributed by atoms with Crippen molar-refractivity contribution in [1.82, 2.24) is 0 Å². The summed E-state index contributed by atoms with van der Waals surface area (Å²) in [6, 6.07) is 23.1. The highest BCUT2D eigenvalue weighted by molar-refractivity contribution is 7.98. The van der Waals surface area contributed by atoms with Gasteiger partial charge in [0, 0.05) is 28.6 Å². The van der Waals surface area contributed by atoms with E-state index in [9.17, 15) is 0 Å². The zero-order chi connectivity index (χ0) is 13.8. The fourth-order valence-corrected chi connectivity index (χ4v) is 2.65. The predicted molar refractivity (Wildman–Crippen MR) is 88.6 cm³/mol. The Labute approximate surface area is 123 Å². The van der Waals surface area contributed by atoms with Crippen molar-refractivity contribution in [2.75, 3.05) is 0 Å². The van der Waals surface area contributed by atoms with Gasteiger partial charge in [-0.15, -0.1) is 0 Å². The predicted octanol–water partition coefficient (Wildman–Crippen LogP) is 5.27. The summed E-state index contributed by atoms with van der Waals surface area (Å²) in [5.74, 6) is 0. The lowest BCUT2D eigenvalue weighted by Gasteiger charge is -2.01. The molecule has 3 aromatic rings. The van der Waals surface area contributed by atoms with E-state index in [0.29, 0.717) is 0 Å². The molecule has 0 unspecified atom stereocenters. The quantitative estimate of drug-likeness (QED) is 0.469. The second-order valence-electron chi connectivity index (χ2n) is 4.71. The van der Waals surface area contributed by atoms with E-state index < -0.39 is 0 Å². The minimum atomic E-state index is 1.16. The van der Waals surface area contributed by atoms with Crippen LogP contribution in [-0.4, -0.2) is 6.21 Å². The Morgan fingerprint density at radius 1 is 0.850 bits per heavy atom. The Kier molecular flexibility index (Phi) is 3.84. The molecular formula is C18H15NS. The zero-order valence-electron chi connectivity index (χ0n) is 11.3. The molecule has 0 aromatic heterocycles. The summed E-state index contributed by atoms with van der Waals surface area (Å²) in [5, 5.41) is 2.49. The maximum Gasteiger partial charge on any atom is 0.0434 e. The Morgan fingerprint density at radius 2 is 1.60 bits per heavy atom. The van der Waals surface area contributed by atoms with E-state index in [2.05, 4.69) is 78.1 Å². The molecule has 0 N–H and O–H groups in total. The highest BCUT2D eigenvalue weighted by atomic mass is 32.2. The second-order valence-corrected chi connectivity index (χ2v) is 5.57. The number of aryl methyl sites for hydroxylation is 1. The van der Waals surface area contributed by atoms with Gasteiger partial charge in [-0.3, -0.25) is 0 Å². The molecule has 98 valence electrons. The van der Waals surface area contributed by atoms with Crippen LogP contribution in [0.4, 0.5) is 0 Å². The van der Waals surface area contributed by atoms with Gasteiger partial charge in [0.15, 0.2) is 0 Å². The lowest BCUT2D eigenvalue weighted by Crippen LogP contribution is -1.83. The van der Waals surface area contributed by atoms with Crippen molar-refractivity contribution < 1.29 is 0 Å². The smallest absolute Gasteiger partial charge is 0.0434 e. The van der Waals surface area contributed by atoms with Gasteiger partial charge in [-0.25, -0.2) is 4.40 Å². The van der Waals surface area contributed by atoms with Crippen molar-refractivity contribution >= 4 is 28.9 Å². The molecule has 3 aromatic carbocycles. The van der Waals surface area contributed by atoms with Crippen molar-refractivity contribution in [2.45, 2.75) is 11.8 Å². The molecule has 0 radical (unpaired) electrons. The molecule has 0 atom stereocenters. The van der Waals surface area contributed by atoms with Crippen LogP contribution in [0.1, 0.15) is 11.1 Å². The molecule has 0 spiro atoms. The summed E-state index contributed by atoms with van der Waals surface area (Å²) in [5.41, 5.74) is 2.43. The minimum Gasteiger partial charge on any atom is -0.219 e. The van der Waals surface area contributed by atoms with E-state index in [4.69, 9.17) is 0 Å². The fourth-order valence-electron chi connectivity index (χ4n) is 2.11. The topological polar surface area (TPSA) is 12.4 Å². The van der Waals surface area contributed by atoms with Gasteiger partial charge in [-0.05, 0) is 29.8 Å². The largest absolute Gasteiger partial charge is 0.219 e. The Morgan fingerprint density at radius 3 is 2.45 bits per heavy atom. The molecule has 20 heavy (non-hydrogen) atoms. The Balaban J connectivity index is 1.82. The van der Waals surface area contributed by atoms with E-state index >= 15 is 0 Å². The third kappa shape index (κ3) is 2.91. The molecule has 0 bridgehead atoms. The molecule has 0 aliphatic rings. The number of benzene rings is 3. The summed E-state index contributed by atoms with van der Waals surface area (Å²) in [4.78, 5) is 1.16. The SMILES string of the molecule is Cc1ccc(S/N=C/c2cccc3ccccc23)cc1. The van der Waals surface area contributed by atoms with Crippen LogP contribution in [0.25, 0.3) is 10.8 Å². The van der Waals surface area contributed by atoms with E-state index in [-0.39, 0.29) is 0 Å². The van der Waals surface area contributed by atoms with Crippen molar-refractivity contribution in [2.24, 2.45) is 4.40 Å². The van der Waals surface area contributed by atoms with Gasteiger partial charge >= 0.3 is 0 Å². The highest BCUT2D eigenvalue weighted by Crippen LogP contribution is 2.21. The molecule has 1 nitrogen and oxygen atoms in total. The third-order valence-electron chi connectivity index (χ3n) is 3.19. The molecule has 0 aliphatic carbocycles. The summed E-state index contributed by atoms with van der Waals surface area (Å²) >= 11 is 1.50. The van der Waals surface area contributed by atoms with Crippen molar-refractivity contribution in [1.29, 1.82) is 0 Å². The van der Waals surface area contributed by atoms with E-state index in [1.165, 1.54) is 28.3 Å². The standard InChI is InChI=1S/C18H15NS/c1-14-9-11-17(12-10-14)20-19-13-16-7-4-6-15-5-2-3-8-18(15)16/h2-13H,1H3/b19-13+. The fraction of sp³-hybridized carbons (Fsp3) is 0.0556. The van der Waals surface area contributed by atoms with Crippen LogP contribution in [0.15, 0.2) is 76.0 Å². The van der Waals surface area contributed by atoms with Gasteiger partial charge < -0.3 is 0 Å². The number of hydrogen-bond donors (Lipinski definition) is 0. The van der Waals surface area contributed by atoms with Crippen LogP contribution in [0.2, 0.25) is 0 Å². The maximum absolute atomic E-state index is 4.48. The molecule has 0 saturated heterocycles. The molecule has 0 saturated carbocycles. The molecule has 2 heteroatoms. The number of rotatable bonds is 3. The molecule has 0 aliphatic heterocycles. The molecule has 0 fully saturated rings. The highest BCUT2D eigenvalue weighted by Gasteiger charge is 1.97. The van der Waals surface area contributed by atoms with Crippen molar-refractivity contribution in [3.63, 3.8) is 0 Å². The van der Waals surface area contributed by atoms with Gasteiger partial charge in [-0.2, -0.15) is 0 Å². The number of fused-ring (bicyclic) bond motifs is 1. The van der Waals surface area contributed by atoms with Gasteiger partial charge in [-0.1, -0.05) is 60.2 Å². The van der Waals surface area contributed by atoms with Gasteiger partial charge in [0.25, 0.3) is 0 Å². The van der Waals surface area contributed by atoms with Crippen LogP contribution in [-0.2, 0) is 0 Å². The molecular weight excluding hydrogens is 262 g/mol. The second kappa shape index (κ2) is 5.93. The first-order valence-corrected chi connectivity index (χ1v) is 7.35. The van der Waals surface area contributed by atoms with Crippen LogP contribution in [0, 0.1) is 6.92 Å². The Bertz CT molecular complexity index is 739. The van der Waals surface area contributed by atoms with Crippen LogP contribution in [0.3, 0.4) is 0 Å². The lowest BCUT2D eigenvalue weighted by molar-refractivity contribution is 1.38. The maximum atomic E-state index is 4.48. The summed E-state index contributed by atoms with van der Waals surface area (Å²) < 4.78 is 4.48. The molecule has 0 amide bonds. The van der Waals surface area contributed by atoms with Gasteiger partial charge in [0.1, 0.15) is 0 Å². The average Bonchev–Trinajstić information content (AvgIpc) is 2.49. The lowest BCUT2D eigenvalue weighted by atomic mass is 10.1. The first kappa shape index (κ1) is 12.9. The zero-order valence-corrected chi connectivity index (χ0v) is 12.1. The van der Waals surface area contributed by atoms with Crippen LogP contribution in [0.5, 0.6) is 0 Å². The molecule has 3 rings (SSSR count). The van der Waals surface area contributed by atoms with Gasteiger partial charge in [0.05, 0.1) is 0 Å². The number of hydrogen-bond acceptors (Lipinski definition) is 2. The van der Waals surface area contributed by atoms with Crippen molar-refractivity contribution in [3.05, 3.63) is 77.9 Å². The monoisotopic (exact) mass is 277 g/mol. The van der Waals surface area contributed by atoms with Crippen LogP contribution >= 0.6 is 11.9 Å². The normalized spacial score (nSPS) is 11.2. The van der Waals surface area contributed by atoms with Crippen LogP contribution < -0.4 is 0 Å². The number of nitrogens with zero attached hydrogens (tertiary/aromatic N) is 1. The van der Waals surface area contributed by atoms with Gasteiger partial charge in [0.2, 0.25) is 0 Å². The van der Waals surface area contributed by atoms with E-state index in [0.717, 1.165) is 10.5 Å². The van der Waals surface area contributed by atoms with E-state index in [1.54, 1.807) is 0 Å². The molecule has 0 heterocycles. The first-order valence-electron chi connectivity index (χ1n) is 6.58. The third-order valence-corrected chi connectivity index (χ3v) is 3.89. The van der Waals surface area contributed by atoms with Crippen molar-refractivity contribution in [3.8, 4) is 0 Å². The first-order chi connectivity index (χ1) is 9.83.